The van der Waals surface area contributed by atoms with Crippen LogP contribution in [0.4, 0.5) is 18.9 Å². The van der Waals surface area contributed by atoms with Crippen molar-refractivity contribution in [2.75, 3.05) is 5.43 Å². The van der Waals surface area contributed by atoms with Crippen molar-refractivity contribution in [2.45, 2.75) is 56.8 Å². The zero-order valence-corrected chi connectivity index (χ0v) is 13.9. The number of carbonyl (C=O) groups excluding carboxylic acids is 1. The van der Waals surface area contributed by atoms with Gasteiger partial charge in [-0.25, -0.2) is 0 Å². The summed E-state index contributed by atoms with van der Waals surface area (Å²) >= 11 is 0. The Balaban J connectivity index is 1.84. The number of alkyl halides is 3. The van der Waals surface area contributed by atoms with Crippen molar-refractivity contribution in [2.24, 2.45) is 11.7 Å². The Bertz CT molecular complexity index is 575. The number of nitrogens with two attached hydrogens (primary N) is 1. The van der Waals surface area contributed by atoms with Gasteiger partial charge < -0.3 is 10.8 Å². The molecule has 5 N–H and O–H groups in total. The van der Waals surface area contributed by atoms with Crippen molar-refractivity contribution < 1.29 is 23.1 Å². The Labute approximate surface area is 144 Å². The summed E-state index contributed by atoms with van der Waals surface area (Å²) in [6.45, 7) is 0. The SMILES string of the molecule is N[C@H](CC1CCCCC1)C(O)C(=O)NNc1cccc(C(F)(F)F)c1. The average molecular weight is 359 g/mol. The van der Waals surface area contributed by atoms with Gasteiger partial charge in [0.15, 0.2) is 0 Å². The molecule has 2 rings (SSSR count). The minimum Gasteiger partial charge on any atom is -0.382 e. The van der Waals surface area contributed by atoms with Gasteiger partial charge >= 0.3 is 6.18 Å². The normalized spacial score (nSPS) is 18.4. The lowest BCUT2D eigenvalue weighted by Crippen LogP contribution is -2.48. The standard InChI is InChI=1S/C17H24F3N3O2/c18-17(19,20)12-7-4-8-13(10-12)22-23-16(25)15(24)14(21)9-11-5-2-1-3-6-11/h4,7-8,10-11,14-15,22,24H,1-3,5-6,9,21H2,(H,23,25)/t14-,15?/m1/s1. The number of halogens is 3. The molecule has 0 aliphatic heterocycles. The van der Waals surface area contributed by atoms with Crippen LogP contribution in [-0.4, -0.2) is 23.2 Å². The Morgan fingerprint density at radius 3 is 2.60 bits per heavy atom. The van der Waals surface area contributed by atoms with E-state index in [9.17, 15) is 23.1 Å². The molecule has 0 aromatic heterocycles. The first-order chi connectivity index (χ1) is 11.8. The fourth-order valence-corrected chi connectivity index (χ4v) is 3.11. The predicted octanol–water partition coefficient (Wildman–Crippen LogP) is 2.81. The molecule has 1 aromatic rings. The van der Waals surface area contributed by atoms with E-state index in [2.05, 4.69) is 10.9 Å². The molecule has 0 radical (unpaired) electrons. The molecule has 5 nitrogen and oxygen atoms in total. The molecular formula is C17H24F3N3O2. The number of anilines is 1. The second-order valence-electron chi connectivity index (χ2n) is 6.54. The van der Waals surface area contributed by atoms with Crippen LogP contribution in [-0.2, 0) is 11.0 Å². The highest BCUT2D eigenvalue weighted by Gasteiger charge is 2.30. The molecule has 1 fully saturated rings. The minimum absolute atomic E-state index is 0.0660. The molecule has 0 heterocycles. The summed E-state index contributed by atoms with van der Waals surface area (Å²) in [7, 11) is 0. The van der Waals surface area contributed by atoms with Crippen molar-refractivity contribution in [3.05, 3.63) is 29.8 Å². The van der Waals surface area contributed by atoms with Crippen LogP contribution in [0.25, 0.3) is 0 Å². The highest BCUT2D eigenvalue weighted by Crippen LogP contribution is 2.30. The largest absolute Gasteiger partial charge is 0.416 e. The topological polar surface area (TPSA) is 87.4 Å². The van der Waals surface area contributed by atoms with Gasteiger partial charge in [0.25, 0.3) is 5.91 Å². The lowest BCUT2D eigenvalue weighted by atomic mass is 9.84. The third-order valence-corrected chi connectivity index (χ3v) is 4.52. The van der Waals surface area contributed by atoms with E-state index >= 15 is 0 Å². The zero-order valence-electron chi connectivity index (χ0n) is 13.9. The summed E-state index contributed by atoms with van der Waals surface area (Å²) in [5, 5.41) is 10.0. The number of hydrogen-bond acceptors (Lipinski definition) is 4. The summed E-state index contributed by atoms with van der Waals surface area (Å²) in [4.78, 5) is 12.0. The van der Waals surface area contributed by atoms with Crippen LogP contribution >= 0.6 is 0 Å². The van der Waals surface area contributed by atoms with Crippen molar-refractivity contribution in [3.8, 4) is 0 Å². The molecule has 1 aliphatic rings. The van der Waals surface area contributed by atoms with E-state index in [1.165, 1.54) is 18.6 Å². The van der Waals surface area contributed by atoms with Crippen LogP contribution < -0.4 is 16.6 Å². The number of nitrogens with one attached hydrogen (secondary N) is 2. The van der Waals surface area contributed by atoms with Gasteiger partial charge in [-0.15, -0.1) is 0 Å². The Morgan fingerprint density at radius 2 is 1.96 bits per heavy atom. The van der Waals surface area contributed by atoms with E-state index < -0.39 is 29.8 Å². The Morgan fingerprint density at radius 1 is 1.28 bits per heavy atom. The van der Waals surface area contributed by atoms with Crippen molar-refractivity contribution in [3.63, 3.8) is 0 Å². The van der Waals surface area contributed by atoms with Gasteiger partial charge in [0, 0.05) is 6.04 Å². The van der Waals surface area contributed by atoms with Gasteiger partial charge in [0.05, 0.1) is 11.3 Å². The van der Waals surface area contributed by atoms with Gasteiger partial charge in [-0.2, -0.15) is 13.2 Å². The van der Waals surface area contributed by atoms with Crippen molar-refractivity contribution >= 4 is 11.6 Å². The van der Waals surface area contributed by atoms with Gasteiger partial charge in [-0.1, -0.05) is 38.2 Å². The number of rotatable bonds is 6. The van der Waals surface area contributed by atoms with Crippen LogP contribution in [0.3, 0.4) is 0 Å². The molecule has 0 spiro atoms. The Hall–Kier alpha value is -1.80. The first-order valence-corrected chi connectivity index (χ1v) is 8.44. The molecular weight excluding hydrogens is 335 g/mol. The Kier molecular flexibility index (Phi) is 6.66. The number of hydrazine groups is 1. The summed E-state index contributed by atoms with van der Waals surface area (Å²) in [6.07, 6.45) is 0.236. The minimum atomic E-state index is -4.47. The molecule has 1 saturated carbocycles. The summed E-state index contributed by atoms with van der Waals surface area (Å²) in [6, 6.07) is 3.70. The third kappa shape index (κ3) is 5.89. The highest BCUT2D eigenvalue weighted by molar-refractivity contribution is 5.82. The fraction of sp³-hybridized carbons (Fsp3) is 0.588. The quantitative estimate of drug-likeness (QED) is 0.588. The number of aliphatic hydroxyl groups excluding tert-OH is 1. The zero-order chi connectivity index (χ0) is 18.4. The second-order valence-corrected chi connectivity index (χ2v) is 6.54. The maximum atomic E-state index is 12.7. The van der Waals surface area contributed by atoms with E-state index in [-0.39, 0.29) is 5.69 Å². The molecule has 8 heteroatoms. The van der Waals surface area contributed by atoms with Crippen LogP contribution in [0.15, 0.2) is 24.3 Å². The van der Waals surface area contributed by atoms with Gasteiger partial charge in [-0.05, 0) is 30.5 Å². The number of hydrogen-bond donors (Lipinski definition) is 4. The van der Waals surface area contributed by atoms with Crippen molar-refractivity contribution in [1.82, 2.24) is 5.43 Å². The maximum absolute atomic E-state index is 12.7. The maximum Gasteiger partial charge on any atom is 0.416 e. The first-order valence-electron chi connectivity index (χ1n) is 8.44. The molecule has 140 valence electrons. The lowest BCUT2D eigenvalue weighted by Gasteiger charge is -2.26. The van der Waals surface area contributed by atoms with E-state index in [1.54, 1.807) is 0 Å². The van der Waals surface area contributed by atoms with E-state index in [0.717, 1.165) is 37.8 Å². The van der Waals surface area contributed by atoms with Crippen LogP contribution in [0.2, 0.25) is 0 Å². The molecule has 2 atom stereocenters. The smallest absolute Gasteiger partial charge is 0.382 e. The molecule has 25 heavy (non-hydrogen) atoms. The fourth-order valence-electron chi connectivity index (χ4n) is 3.11. The number of aliphatic hydroxyl groups is 1. The van der Waals surface area contributed by atoms with Crippen LogP contribution in [0, 0.1) is 5.92 Å². The molecule has 0 bridgehead atoms. The van der Waals surface area contributed by atoms with E-state index in [1.807, 2.05) is 0 Å². The predicted molar refractivity (Wildman–Crippen MR) is 88.4 cm³/mol. The molecule has 1 aromatic carbocycles. The molecule has 0 saturated heterocycles. The van der Waals surface area contributed by atoms with Crippen LogP contribution in [0.1, 0.15) is 44.1 Å². The van der Waals surface area contributed by atoms with Crippen LogP contribution in [0.5, 0.6) is 0 Å². The van der Waals surface area contributed by atoms with Crippen molar-refractivity contribution in [1.29, 1.82) is 0 Å². The summed E-state index contributed by atoms with van der Waals surface area (Å²) in [5.74, 6) is -0.358. The number of benzene rings is 1. The van der Waals surface area contributed by atoms with Gasteiger partial charge in [-0.3, -0.25) is 15.6 Å². The molecule has 1 amide bonds. The van der Waals surface area contributed by atoms with E-state index in [4.69, 9.17) is 5.73 Å². The third-order valence-electron chi connectivity index (χ3n) is 4.52. The summed E-state index contributed by atoms with van der Waals surface area (Å²) in [5.41, 5.74) is 9.74. The van der Waals surface area contributed by atoms with Gasteiger partial charge in [0.1, 0.15) is 6.10 Å². The monoisotopic (exact) mass is 359 g/mol. The lowest BCUT2D eigenvalue weighted by molar-refractivity contribution is -0.137. The average Bonchev–Trinajstić information content (AvgIpc) is 2.59. The highest BCUT2D eigenvalue weighted by atomic mass is 19.4. The molecule has 1 unspecified atom stereocenters. The number of carbonyl (C=O) groups is 1. The summed E-state index contributed by atoms with van der Waals surface area (Å²) < 4.78 is 38.0. The number of amides is 1. The first kappa shape index (κ1) is 19.5. The molecule has 1 aliphatic carbocycles. The van der Waals surface area contributed by atoms with E-state index in [0.29, 0.717) is 12.3 Å². The second kappa shape index (κ2) is 8.53. The van der Waals surface area contributed by atoms with Gasteiger partial charge in [0.2, 0.25) is 0 Å².